The first kappa shape index (κ1) is 11.2. The van der Waals surface area contributed by atoms with Gasteiger partial charge in [-0.3, -0.25) is 0 Å². The number of hydrogen-bond donors (Lipinski definition) is 2. The van der Waals surface area contributed by atoms with Crippen molar-refractivity contribution in [3.8, 4) is 0 Å². The van der Waals surface area contributed by atoms with Gasteiger partial charge in [0.25, 0.3) is 0 Å². The van der Waals surface area contributed by atoms with Gasteiger partial charge in [-0.1, -0.05) is 11.6 Å². The zero-order valence-electron chi connectivity index (χ0n) is 9.09. The molecule has 0 amide bonds. The normalized spacial score (nSPS) is 10.7. The number of hydrogen-bond acceptors (Lipinski definition) is 6. The molecule has 0 unspecified atom stereocenters. The number of nitrogens with zero attached hydrogens (tertiary/aromatic N) is 3. The summed E-state index contributed by atoms with van der Waals surface area (Å²) < 4.78 is 1.10. The van der Waals surface area contributed by atoms with E-state index in [-0.39, 0.29) is 5.82 Å². The Balaban J connectivity index is 1.98. The molecule has 18 heavy (non-hydrogen) atoms. The lowest BCUT2D eigenvalue weighted by Gasteiger charge is -2.07. The van der Waals surface area contributed by atoms with Crippen LogP contribution < -0.4 is 11.1 Å². The number of nitrogen functional groups attached to an aromatic ring is 1. The van der Waals surface area contributed by atoms with Gasteiger partial charge in [-0.25, -0.2) is 15.0 Å². The summed E-state index contributed by atoms with van der Waals surface area (Å²) in [5, 5.41) is 3.43. The summed E-state index contributed by atoms with van der Waals surface area (Å²) >= 11 is 7.60. The number of nitrogens with one attached hydrogen (secondary N) is 1. The first-order valence-electron chi connectivity index (χ1n) is 5.10. The molecule has 0 spiro atoms. The van der Waals surface area contributed by atoms with Gasteiger partial charge in [0.05, 0.1) is 15.7 Å². The smallest absolute Gasteiger partial charge is 0.154 e. The Hall–Kier alpha value is -1.92. The zero-order valence-corrected chi connectivity index (χ0v) is 10.7. The number of rotatable bonds is 2. The van der Waals surface area contributed by atoms with E-state index in [9.17, 15) is 0 Å². The van der Waals surface area contributed by atoms with Gasteiger partial charge in [0.15, 0.2) is 5.82 Å². The Kier molecular flexibility index (Phi) is 2.73. The molecule has 3 rings (SSSR count). The fourth-order valence-electron chi connectivity index (χ4n) is 1.54. The predicted octanol–water partition coefficient (Wildman–Crippen LogP) is 3.07. The maximum Gasteiger partial charge on any atom is 0.154 e. The standard InChI is InChI=1S/C11H8ClN5S/c12-9-10(13)14-4-15-11(9)17-6-1-2-7-8(3-6)18-5-16-7/h1-5H,(H3,13,14,15,17). The highest BCUT2D eigenvalue weighted by Gasteiger charge is 2.07. The van der Waals surface area contributed by atoms with Crippen molar-refractivity contribution in [2.75, 3.05) is 11.1 Å². The largest absolute Gasteiger partial charge is 0.382 e. The molecule has 3 N–H and O–H groups in total. The van der Waals surface area contributed by atoms with E-state index in [1.807, 2.05) is 23.7 Å². The number of nitrogens with two attached hydrogens (primary N) is 1. The second kappa shape index (κ2) is 4.40. The molecule has 1 aromatic carbocycles. The fraction of sp³-hybridized carbons (Fsp3) is 0. The van der Waals surface area contributed by atoms with Crippen LogP contribution in [0.15, 0.2) is 30.0 Å². The van der Waals surface area contributed by atoms with Crippen LogP contribution in [0.25, 0.3) is 10.2 Å². The van der Waals surface area contributed by atoms with Gasteiger partial charge in [-0.15, -0.1) is 11.3 Å². The van der Waals surface area contributed by atoms with E-state index in [0.717, 1.165) is 15.9 Å². The lowest BCUT2D eigenvalue weighted by Crippen LogP contribution is -1.99. The SMILES string of the molecule is Nc1ncnc(Nc2ccc3ncsc3c2)c1Cl. The summed E-state index contributed by atoms with van der Waals surface area (Å²) in [6.45, 7) is 0. The molecule has 90 valence electrons. The molecule has 0 radical (unpaired) electrons. The van der Waals surface area contributed by atoms with Crippen LogP contribution in [0.4, 0.5) is 17.3 Å². The first-order chi connectivity index (χ1) is 8.74. The van der Waals surface area contributed by atoms with Crippen LogP contribution in [0.1, 0.15) is 0 Å². The van der Waals surface area contributed by atoms with E-state index in [0.29, 0.717) is 10.8 Å². The molecule has 0 saturated heterocycles. The average molecular weight is 278 g/mol. The molecule has 0 atom stereocenters. The van der Waals surface area contributed by atoms with Crippen molar-refractivity contribution >= 4 is 50.5 Å². The van der Waals surface area contributed by atoms with Gasteiger partial charge < -0.3 is 11.1 Å². The van der Waals surface area contributed by atoms with Crippen LogP contribution in [0, 0.1) is 0 Å². The van der Waals surface area contributed by atoms with Gasteiger partial charge in [0.2, 0.25) is 0 Å². The maximum absolute atomic E-state index is 6.02. The van der Waals surface area contributed by atoms with E-state index in [1.54, 1.807) is 11.3 Å². The molecule has 3 aromatic rings. The van der Waals surface area contributed by atoms with Crippen molar-refractivity contribution in [2.45, 2.75) is 0 Å². The number of halogens is 1. The number of aromatic nitrogens is 3. The zero-order chi connectivity index (χ0) is 12.5. The van der Waals surface area contributed by atoms with Crippen LogP contribution in [0.3, 0.4) is 0 Å². The number of anilines is 3. The summed E-state index contributed by atoms with van der Waals surface area (Å²) in [6.07, 6.45) is 1.37. The summed E-state index contributed by atoms with van der Waals surface area (Å²) in [4.78, 5) is 12.1. The lowest BCUT2D eigenvalue weighted by molar-refractivity contribution is 1.18. The Labute approximate surface area is 112 Å². The average Bonchev–Trinajstić information content (AvgIpc) is 2.82. The number of fused-ring (bicyclic) bond motifs is 1. The Morgan fingerprint density at radius 2 is 2.11 bits per heavy atom. The van der Waals surface area contributed by atoms with Gasteiger partial charge in [0, 0.05) is 5.69 Å². The highest BCUT2D eigenvalue weighted by molar-refractivity contribution is 7.16. The van der Waals surface area contributed by atoms with E-state index in [2.05, 4.69) is 20.3 Å². The topological polar surface area (TPSA) is 76.7 Å². The van der Waals surface area contributed by atoms with E-state index in [4.69, 9.17) is 17.3 Å². The van der Waals surface area contributed by atoms with Crippen LogP contribution in [0.2, 0.25) is 5.02 Å². The van der Waals surface area contributed by atoms with Gasteiger partial charge in [-0.05, 0) is 18.2 Å². The molecule has 0 bridgehead atoms. The minimum Gasteiger partial charge on any atom is -0.382 e. The first-order valence-corrected chi connectivity index (χ1v) is 6.36. The summed E-state index contributed by atoms with van der Waals surface area (Å²) in [5.74, 6) is 0.751. The monoisotopic (exact) mass is 277 g/mol. The lowest BCUT2D eigenvalue weighted by atomic mass is 10.3. The highest BCUT2D eigenvalue weighted by atomic mass is 35.5. The Morgan fingerprint density at radius 3 is 3.00 bits per heavy atom. The summed E-state index contributed by atoms with van der Waals surface area (Å²) in [5.41, 5.74) is 9.28. The molecule has 0 aliphatic rings. The van der Waals surface area contributed by atoms with E-state index in [1.165, 1.54) is 6.33 Å². The second-order valence-corrected chi connectivity index (χ2v) is 4.85. The van der Waals surface area contributed by atoms with Crippen molar-refractivity contribution in [1.82, 2.24) is 15.0 Å². The van der Waals surface area contributed by atoms with E-state index >= 15 is 0 Å². The molecule has 2 aromatic heterocycles. The molecule has 0 saturated carbocycles. The molecule has 2 heterocycles. The Morgan fingerprint density at radius 1 is 1.22 bits per heavy atom. The molecule has 0 aliphatic carbocycles. The molecule has 7 heteroatoms. The molecular weight excluding hydrogens is 270 g/mol. The molecular formula is C11H8ClN5S. The molecule has 0 aliphatic heterocycles. The van der Waals surface area contributed by atoms with Crippen LogP contribution in [0.5, 0.6) is 0 Å². The summed E-state index contributed by atoms with van der Waals surface area (Å²) in [7, 11) is 0. The van der Waals surface area contributed by atoms with Crippen molar-refractivity contribution in [3.05, 3.63) is 35.1 Å². The van der Waals surface area contributed by atoms with Crippen molar-refractivity contribution in [3.63, 3.8) is 0 Å². The number of thiazole rings is 1. The third-order valence-corrected chi connectivity index (χ3v) is 3.57. The third-order valence-electron chi connectivity index (χ3n) is 2.41. The molecule has 5 nitrogen and oxygen atoms in total. The third kappa shape index (κ3) is 1.96. The summed E-state index contributed by atoms with van der Waals surface area (Å²) in [6, 6.07) is 5.84. The number of benzene rings is 1. The quantitative estimate of drug-likeness (QED) is 0.753. The maximum atomic E-state index is 6.02. The van der Waals surface area contributed by atoms with Crippen LogP contribution >= 0.6 is 22.9 Å². The van der Waals surface area contributed by atoms with Crippen molar-refractivity contribution in [1.29, 1.82) is 0 Å². The van der Waals surface area contributed by atoms with Crippen LogP contribution in [-0.2, 0) is 0 Å². The minimum absolute atomic E-state index is 0.257. The Bertz CT molecular complexity index is 711. The fourth-order valence-corrected chi connectivity index (χ4v) is 2.40. The van der Waals surface area contributed by atoms with Crippen molar-refractivity contribution < 1.29 is 0 Å². The van der Waals surface area contributed by atoms with E-state index < -0.39 is 0 Å². The van der Waals surface area contributed by atoms with Gasteiger partial charge in [-0.2, -0.15) is 0 Å². The highest BCUT2D eigenvalue weighted by Crippen LogP contribution is 2.28. The van der Waals surface area contributed by atoms with Gasteiger partial charge >= 0.3 is 0 Å². The van der Waals surface area contributed by atoms with Crippen molar-refractivity contribution in [2.24, 2.45) is 0 Å². The molecule has 0 fully saturated rings. The predicted molar refractivity (Wildman–Crippen MR) is 74.4 cm³/mol. The second-order valence-electron chi connectivity index (χ2n) is 3.58. The van der Waals surface area contributed by atoms with Crippen LogP contribution in [-0.4, -0.2) is 15.0 Å². The minimum atomic E-state index is 0.257. The van der Waals surface area contributed by atoms with Gasteiger partial charge in [0.1, 0.15) is 17.2 Å².